The molecule has 1 saturated heterocycles. The Labute approximate surface area is 140 Å². The molecule has 1 heterocycles. The third kappa shape index (κ3) is 5.54. The Morgan fingerprint density at radius 1 is 1.39 bits per heavy atom. The van der Waals surface area contributed by atoms with Gasteiger partial charge < -0.3 is 15.1 Å². The molecule has 1 unspecified atom stereocenters. The highest BCUT2D eigenvalue weighted by Gasteiger charge is 2.21. The van der Waals surface area contributed by atoms with Gasteiger partial charge in [0.2, 0.25) is 5.91 Å². The maximum absolute atomic E-state index is 12.2. The van der Waals surface area contributed by atoms with Gasteiger partial charge in [0.25, 0.3) is 0 Å². The van der Waals surface area contributed by atoms with Crippen LogP contribution in [0.2, 0.25) is 0 Å². The monoisotopic (exact) mass is 317 g/mol. The summed E-state index contributed by atoms with van der Waals surface area (Å²) in [6.07, 6.45) is 4.29. The van der Waals surface area contributed by atoms with Crippen LogP contribution in [0.15, 0.2) is 24.3 Å². The summed E-state index contributed by atoms with van der Waals surface area (Å²) < 4.78 is 0. The molecule has 1 aliphatic heterocycles. The molecule has 1 aliphatic rings. The van der Waals surface area contributed by atoms with Crippen LogP contribution in [0.3, 0.4) is 0 Å². The zero-order valence-corrected chi connectivity index (χ0v) is 14.8. The summed E-state index contributed by atoms with van der Waals surface area (Å²) in [6.45, 7) is 7.89. The minimum Gasteiger partial charge on any atom is -0.370 e. The van der Waals surface area contributed by atoms with Crippen molar-refractivity contribution in [2.45, 2.75) is 45.6 Å². The maximum Gasteiger partial charge on any atom is 0.221 e. The van der Waals surface area contributed by atoms with Gasteiger partial charge in [0.05, 0.1) is 0 Å². The van der Waals surface area contributed by atoms with Gasteiger partial charge in [-0.25, -0.2) is 0 Å². The lowest BCUT2D eigenvalue weighted by Crippen LogP contribution is -2.41. The molecular weight excluding hydrogens is 286 g/mol. The van der Waals surface area contributed by atoms with Gasteiger partial charge >= 0.3 is 0 Å². The summed E-state index contributed by atoms with van der Waals surface area (Å²) in [5, 5.41) is 3.09. The molecule has 0 saturated carbocycles. The Morgan fingerprint density at radius 3 is 2.91 bits per heavy atom. The first kappa shape index (κ1) is 17.8. The molecule has 4 heteroatoms. The molecule has 1 aromatic carbocycles. The number of piperidine rings is 1. The molecule has 1 aromatic rings. The van der Waals surface area contributed by atoms with Crippen molar-refractivity contribution in [1.82, 2.24) is 10.2 Å². The molecule has 0 spiro atoms. The molecule has 2 rings (SSSR count). The minimum atomic E-state index is 0.184. The van der Waals surface area contributed by atoms with Crippen molar-refractivity contribution in [3.05, 3.63) is 29.8 Å². The van der Waals surface area contributed by atoms with E-state index >= 15 is 0 Å². The van der Waals surface area contributed by atoms with Crippen molar-refractivity contribution in [2.75, 3.05) is 38.1 Å². The summed E-state index contributed by atoms with van der Waals surface area (Å²) in [5.41, 5.74) is 2.50. The predicted molar refractivity (Wildman–Crippen MR) is 97.0 cm³/mol. The molecule has 1 N–H and O–H groups in total. The second-order valence-corrected chi connectivity index (χ2v) is 6.60. The highest BCUT2D eigenvalue weighted by atomic mass is 16.1. The van der Waals surface area contributed by atoms with Crippen LogP contribution >= 0.6 is 0 Å². The molecule has 1 fully saturated rings. The molecule has 128 valence electrons. The van der Waals surface area contributed by atoms with Gasteiger partial charge in [-0.1, -0.05) is 18.6 Å². The predicted octanol–water partition coefficient (Wildman–Crippen LogP) is 2.81. The number of likely N-dealkylation sites (N-methyl/N-ethyl adjacent to an activating group) is 1. The molecule has 0 radical (unpaired) electrons. The Hall–Kier alpha value is -1.55. The van der Waals surface area contributed by atoms with E-state index in [1.54, 1.807) is 0 Å². The normalized spacial score (nSPS) is 18.7. The van der Waals surface area contributed by atoms with Gasteiger partial charge in [-0.15, -0.1) is 0 Å². The lowest BCUT2D eigenvalue weighted by atomic mass is 10.00. The molecule has 0 aliphatic carbocycles. The largest absolute Gasteiger partial charge is 0.370 e. The third-order valence-electron chi connectivity index (χ3n) is 4.79. The van der Waals surface area contributed by atoms with Crippen molar-refractivity contribution >= 4 is 11.6 Å². The number of nitrogens with one attached hydrogen (secondary N) is 1. The number of amides is 1. The van der Waals surface area contributed by atoms with Crippen LogP contribution in [0.25, 0.3) is 0 Å². The fourth-order valence-corrected chi connectivity index (χ4v) is 3.31. The van der Waals surface area contributed by atoms with Crippen LogP contribution in [-0.4, -0.2) is 50.1 Å². The van der Waals surface area contributed by atoms with E-state index in [-0.39, 0.29) is 5.91 Å². The fourth-order valence-electron chi connectivity index (χ4n) is 3.31. The van der Waals surface area contributed by atoms with Gasteiger partial charge in [0.15, 0.2) is 0 Å². The standard InChI is InChI=1S/C19H31N3O/c1-4-22(18-10-7-8-16(2)14-18)13-11-20-19(23)15-17-9-5-6-12-21(17)3/h7-8,10,14,17H,4-6,9,11-13,15H2,1-3H3,(H,20,23). The second-order valence-electron chi connectivity index (χ2n) is 6.60. The minimum absolute atomic E-state index is 0.184. The molecule has 4 nitrogen and oxygen atoms in total. The number of rotatable bonds is 7. The maximum atomic E-state index is 12.2. The highest BCUT2D eigenvalue weighted by molar-refractivity contribution is 5.76. The zero-order chi connectivity index (χ0) is 16.7. The summed E-state index contributed by atoms with van der Waals surface area (Å²) in [5.74, 6) is 0.184. The van der Waals surface area contributed by atoms with E-state index in [0.717, 1.165) is 26.1 Å². The van der Waals surface area contributed by atoms with Gasteiger partial charge in [0.1, 0.15) is 0 Å². The molecule has 0 aromatic heterocycles. The van der Waals surface area contributed by atoms with E-state index in [2.05, 4.69) is 60.3 Å². The van der Waals surface area contributed by atoms with Crippen LogP contribution in [0, 0.1) is 6.92 Å². The molecule has 1 atom stereocenters. The Morgan fingerprint density at radius 2 is 2.22 bits per heavy atom. The quantitative estimate of drug-likeness (QED) is 0.840. The van der Waals surface area contributed by atoms with E-state index in [4.69, 9.17) is 0 Å². The number of hydrogen-bond acceptors (Lipinski definition) is 3. The topological polar surface area (TPSA) is 35.6 Å². The third-order valence-corrected chi connectivity index (χ3v) is 4.79. The van der Waals surface area contributed by atoms with Crippen molar-refractivity contribution < 1.29 is 4.79 Å². The van der Waals surface area contributed by atoms with Crippen molar-refractivity contribution in [3.8, 4) is 0 Å². The number of hydrogen-bond donors (Lipinski definition) is 1. The van der Waals surface area contributed by atoms with Gasteiger partial charge in [0, 0.05) is 37.8 Å². The summed E-state index contributed by atoms with van der Waals surface area (Å²) >= 11 is 0. The lowest BCUT2D eigenvalue weighted by molar-refractivity contribution is -0.122. The SMILES string of the molecule is CCN(CCNC(=O)CC1CCCCN1C)c1cccc(C)c1. The number of aryl methyl sites for hydroxylation is 1. The summed E-state index contributed by atoms with van der Waals surface area (Å²) in [6, 6.07) is 8.95. The number of benzene rings is 1. The van der Waals surface area contributed by atoms with Crippen LogP contribution in [-0.2, 0) is 4.79 Å². The molecule has 23 heavy (non-hydrogen) atoms. The van der Waals surface area contributed by atoms with Crippen molar-refractivity contribution in [1.29, 1.82) is 0 Å². The molecule has 1 amide bonds. The highest BCUT2D eigenvalue weighted by Crippen LogP contribution is 2.18. The van der Waals surface area contributed by atoms with Crippen LogP contribution < -0.4 is 10.2 Å². The zero-order valence-electron chi connectivity index (χ0n) is 14.8. The van der Waals surface area contributed by atoms with E-state index in [1.807, 2.05) is 0 Å². The summed E-state index contributed by atoms with van der Waals surface area (Å²) in [7, 11) is 2.13. The Balaban J connectivity index is 1.75. The Bertz CT molecular complexity index is 503. The lowest BCUT2D eigenvalue weighted by Gasteiger charge is -2.32. The number of likely N-dealkylation sites (tertiary alicyclic amines) is 1. The average molecular weight is 317 g/mol. The average Bonchev–Trinajstić information content (AvgIpc) is 2.54. The van der Waals surface area contributed by atoms with E-state index < -0.39 is 0 Å². The van der Waals surface area contributed by atoms with Crippen LogP contribution in [0.4, 0.5) is 5.69 Å². The number of nitrogens with zero attached hydrogens (tertiary/aromatic N) is 2. The fraction of sp³-hybridized carbons (Fsp3) is 0.632. The van der Waals surface area contributed by atoms with Crippen LogP contribution in [0.5, 0.6) is 0 Å². The van der Waals surface area contributed by atoms with E-state index in [1.165, 1.54) is 24.1 Å². The first-order valence-electron chi connectivity index (χ1n) is 8.88. The number of carbonyl (C=O) groups excluding carboxylic acids is 1. The van der Waals surface area contributed by atoms with Crippen molar-refractivity contribution in [3.63, 3.8) is 0 Å². The first-order chi connectivity index (χ1) is 11.1. The number of anilines is 1. The Kier molecular flexibility index (Phi) is 6.90. The van der Waals surface area contributed by atoms with Crippen molar-refractivity contribution in [2.24, 2.45) is 0 Å². The van der Waals surface area contributed by atoms with Gasteiger partial charge in [-0.3, -0.25) is 4.79 Å². The van der Waals surface area contributed by atoms with E-state index in [0.29, 0.717) is 19.0 Å². The van der Waals surface area contributed by atoms with E-state index in [9.17, 15) is 4.79 Å². The molecule has 0 bridgehead atoms. The van der Waals surface area contributed by atoms with Gasteiger partial charge in [-0.05, 0) is 58.0 Å². The summed E-state index contributed by atoms with van der Waals surface area (Å²) in [4.78, 5) is 16.8. The van der Waals surface area contributed by atoms with Gasteiger partial charge in [-0.2, -0.15) is 0 Å². The smallest absolute Gasteiger partial charge is 0.221 e. The van der Waals surface area contributed by atoms with Crippen LogP contribution in [0.1, 0.15) is 38.2 Å². The number of carbonyl (C=O) groups is 1. The first-order valence-corrected chi connectivity index (χ1v) is 8.88. The second kappa shape index (κ2) is 8.92. The molecular formula is C19H31N3O.